The van der Waals surface area contributed by atoms with Crippen LogP contribution in [0.15, 0.2) is 53.2 Å². The second-order valence-electron chi connectivity index (χ2n) is 7.15. The number of amides is 1. The lowest BCUT2D eigenvalue weighted by molar-refractivity contribution is 0.0563. The van der Waals surface area contributed by atoms with Crippen LogP contribution in [0.1, 0.15) is 58.6 Å². The molecule has 0 saturated carbocycles. The van der Waals surface area contributed by atoms with E-state index in [0.29, 0.717) is 29.6 Å². The van der Waals surface area contributed by atoms with Crippen LogP contribution in [0.4, 0.5) is 0 Å². The summed E-state index contributed by atoms with van der Waals surface area (Å²) in [7, 11) is 0. The van der Waals surface area contributed by atoms with E-state index in [-0.39, 0.29) is 11.9 Å². The summed E-state index contributed by atoms with van der Waals surface area (Å²) < 4.78 is 6.04. The average molecular weight is 396 g/mol. The normalized spacial score (nSPS) is 16.9. The summed E-state index contributed by atoms with van der Waals surface area (Å²) in [5, 5.41) is 0.701. The Morgan fingerprint density at radius 3 is 2.96 bits per heavy atom. The zero-order valence-corrected chi connectivity index (χ0v) is 16.5. The number of aryl methyl sites for hydroxylation is 1. The van der Waals surface area contributed by atoms with Gasteiger partial charge in [0.25, 0.3) is 5.91 Å². The second kappa shape index (κ2) is 8.15. The molecule has 1 fully saturated rings. The number of carbonyl (C=O) groups excluding carboxylic acids is 1. The average Bonchev–Trinajstić information content (AvgIpc) is 3.16. The Morgan fingerprint density at radius 2 is 2.14 bits per heavy atom. The van der Waals surface area contributed by atoms with E-state index < -0.39 is 0 Å². The Bertz CT molecular complexity index is 985. The molecule has 144 valence electrons. The molecule has 1 atom stereocenters. The fourth-order valence-electron chi connectivity index (χ4n) is 3.68. The lowest BCUT2D eigenvalue weighted by atomic mass is 10.0. The van der Waals surface area contributed by atoms with E-state index in [9.17, 15) is 4.79 Å². The maximum Gasteiger partial charge on any atom is 0.273 e. The summed E-state index contributed by atoms with van der Waals surface area (Å²) in [4.78, 5) is 23.8. The number of rotatable bonds is 4. The number of likely N-dealkylation sites (tertiary alicyclic amines) is 1. The predicted molar refractivity (Wildman–Crippen MR) is 107 cm³/mol. The first-order valence-electron chi connectivity index (χ1n) is 9.53. The summed E-state index contributed by atoms with van der Waals surface area (Å²) in [5.74, 6) is 1.31. The first-order chi connectivity index (χ1) is 13.6. The standard InChI is InChI=1S/C22H22ClN3O2/c1-15-6-5-10-24-20(15)22(27)26-11-3-2-9-19(26)21-25-14-18(28-21)13-16-7-4-8-17(23)12-16/h4-8,10,12,14,19H,2-3,9,11,13H2,1H3/t19-/m0/s1. The van der Waals surface area contributed by atoms with E-state index in [1.807, 2.05) is 48.2 Å². The Morgan fingerprint density at radius 1 is 1.25 bits per heavy atom. The van der Waals surface area contributed by atoms with Crippen LogP contribution in [-0.2, 0) is 6.42 Å². The molecule has 0 radical (unpaired) electrons. The molecule has 4 rings (SSSR count). The van der Waals surface area contributed by atoms with Crippen molar-refractivity contribution in [3.8, 4) is 0 Å². The van der Waals surface area contributed by atoms with Crippen LogP contribution < -0.4 is 0 Å². The first-order valence-corrected chi connectivity index (χ1v) is 9.91. The Kier molecular flexibility index (Phi) is 5.44. The number of halogens is 1. The molecule has 3 aromatic rings. The molecular formula is C22H22ClN3O2. The van der Waals surface area contributed by atoms with Gasteiger partial charge in [0.15, 0.2) is 0 Å². The number of pyridine rings is 1. The summed E-state index contributed by atoms with van der Waals surface area (Å²) in [6.07, 6.45) is 6.89. The number of carbonyl (C=O) groups is 1. The number of benzene rings is 1. The van der Waals surface area contributed by atoms with Crippen molar-refractivity contribution in [1.29, 1.82) is 0 Å². The van der Waals surface area contributed by atoms with Crippen molar-refractivity contribution in [3.05, 3.63) is 82.3 Å². The molecule has 1 amide bonds. The van der Waals surface area contributed by atoms with Crippen LogP contribution >= 0.6 is 11.6 Å². The number of oxazole rings is 1. The smallest absolute Gasteiger partial charge is 0.273 e. The third-order valence-electron chi connectivity index (χ3n) is 5.10. The Balaban J connectivity index is 1.56. The third-order valence-corrected chi connectivity index (χ3v) is 5.33. The van der Waals surface area contributed by atoms with Crippen LogP contribution in [-0.4, -0.2) is 27.3 Å². The van der Waals surface area contributed by atoms with Crippen LogP contribution in [0.25, 0.3) is 0 Å². The molecular weight excluding hydrogens is 374 g/mol. The van der Waals surface area contributed by atoms with Gasteiger partial charge in [0, 0.05) is 24.2 Å². The van der Waals surface area contributed by atoms with Gasteiger partial charge >= 0.3 is 0 Å². The summed E-state index contributed by atoms with van der Waals surface area (Å²) >= 11 is 6.07. The van der Waals surface area contributed by atoms with Gasteiger partial charge in [-0.3, -0.25) is 9.78 Å². The minimum Gasteiger partial charge on any atom is -0.443 e. The van der Waals surface area contributed by atoms with Crippen molar-refractivity contribution in [2.45, 2.75) is 38.6 Å². The van der Waals surface area contributed by atoms with Gasteiger partial charge in [-0.25, -0.2) is 4.98 Å². The van der Waals surface area contributed by atoms with Crippen molar-refractivity contribution < 1.29 is 9.21 Å². The minimum absolute atomic E-state index is 0.0580. The van der Waals surface area contributed by atoms with Crippen LogP contribution in [0.2, 0.25) is 5.02 Å². The molecule has 0 aliphatic carbocycles. The SMILES string of the molecule is Cc1cccnc1C(=O)N1CCCC[C@H]1c1ncc(Cc2cccc(Cl)c2)o1. The molecule has 1 aromatic carbocycles. The third kappa shape index (κ3) is 3.94. The summed E-state index contributed by atoms with van der Waals surface area (Å²) in [6, 6.07) is 11.3. The van der Waals surface area contributed by atoms with Gasteiger partial charge in [-0.2, -0.15) is 0 Å². The molecule has 6 heteroatoms. The van der Waals surface area contributed by atoms with Crippen molar-refractivity contribution in [2.75, 3.05) is 6.54 Å². The highest BCUT2D eigenvalue weighted by molar-refractivity contribution is 6.30. The molecule has 1 saturated heterocycles. The molecule has 2 aromatic heterocycles. The molecule has 5 nitrogen and oxygen atoms in total. The zero-order chi connectivity index (χ0) is 19.5. The zero-order valence-electron chi connectivity index (χ0n) is 15.8. The number of nitrogens with zero attached hydrogens (tertiary/aromatic N) is 3. The number of hydrogen-bond acceptors (Lipinski definition) is 4. The molecule has 0 N–H and O–H groups in total. The largest absolute Gasteiger partial charge is 0.443 e. The van der Waals surface area contributed by atoms with Crippen molar-refractivity contribution in [3.63, 3.8) is 0 Å². The minimum atomic E-state index is -0.157. The number of aromatic nitrogens is 2. The highest BCUT2D eigenvalue weighted by atomic mass is 35.5. The van der Waals surface area contributed by atoms with Gasteiger partial charge in [-0.1, -0.05) is 29.8 Å². The fourth-order valence-corrected chi connectivity index (χ4v) is 3.90. The van der Waals surface area contributed by atoms with Gasteiger partial charge in [-0.05, 0) is 55.5 Å². The van der Waals surface area contributed by atoms with Gasteiger partial charge in [0.05, 0.1) is 6.20 Å². The van der Waals surface area contributed by atoms with Crippen molar-refractivity contribution in [1.82, 2.24) is 14.9 Å². The van der Waals surface area contributed by atoms with E-state index in [1.165, 1.54) is 0 Å². The summed E-state index contributed by atoms with van der Waals surface area (Å²) in [6.45, 7) is 2.60. The predicted octanol–water partition coefficient (Wildman–Crippen LogP) is 4.99. The van der Waals surface area contributed by atoms with Crippen LogP contribution in [0.3, 0.4) is 0 Å². The van der Waals surface area contributed by atoms with Gasteiger partial charge in [0.1, 0.15) is 17.5 Å². The van der Waals surface area contributed by atoms with E-state index >= 15 is 0 Å². The Hall–Kier alpha value is -2.66. The van der Waals surface area contributed by atoms with E-state index in [4.69, 9.17) is 16.0 Å². The highest BCUT2D eigenvalue weighted by Crippen LogP contribution is 2.32. The molecule has 1 aliphatic heterocycles. The van der Waals surface area contributed by atoms with Crippen molar-refractivity contribution in [2.24, 2.45) is 0 Å². The lowest BCUT2D eigenvalue weighted by Gasteiger charge is -2.33. The second-order valence-corrected chi connectivity index (χ2v) is 7.59. The quantitative estimate of drug-likeness (QED) is 0.624. The van der Waals surface area contributed by atoms with E-state index in [0.717, 1.165) is 36.1 Å². The summed E-state index contributed by atoms with van der Waals surface area (Å²) in [5.41, 5.74) is 2.45. The molecule has 0 spiro atoms. The van der Waals surface area contributed by atoms with Crippen LogP contribution in [0.5, 0.6) is 0 Å². The van der Waals surface area contributed by atoms with Crippen molar-refractivity contribution >= 4 is 17.5 Å². The van der Waals surface area contributed by atoms with E-state index in [1.54, 1.807) is 12.4 Å². The molecule has 3 heterocycles. The fraction of sp³-hybridized carbons (Fsp3) is 0.318. The lowest BCUT2D eigenvalue weighted by Crippen LogP contribution is -2.39. The molecule has 28 heavy (non-hydrogen) atoms. The maximum atomic E-state index is 13.1. The van der Waals surface area contributed by atoms with Crippen LogP contribution in [0, 0.1) is 6.92 Å². The van der Waals surface area contributed by atoms with Gasteiger partial charge in [-0.15, -0.1) is 0 Å². The number of piperidine rings is 1. The molecule has 0 unspecified atom stereocenters. The molecule has 1 aliphatic rings. The topological polar surface area (TPSA) is 59.2 Å². The highest BCUT2D eigenvalue weighted by Gasteiger charge is 2.33. The first kappa shape index (κ1) is 18.7. The Labute approximate surface area is 169 Å². The van der Waals surface area contributed by atoms with Gasteiger partial charge < -0.3 is 9.32 Å². The monoisotopic (exact) mass is 395 g/mol. The number of hydrogen-bond donors (Lipinski definition) is 0. The maximum absolute atomic E-state index is 13.1. The van der Waals surface area contributed by atoms with Gasteiger partial charge in [0.2, 0.25) is 5.89 Å². The van der Waals surface area contributed by atoms with E-state index in [2.05, 4.69) is 9.97 Å². The molecule has 0 bridgehead atoms.